The van der Waals surface area contributed by atoms with Crippen molar-refractivity contribution in [3.63, 3.8) is 0 Å². The molecule has 2 atom stereocenters. The molecule has 0 unspecified atom stereocenters. The fourth-order valence-corrected chi connectivity index (χ4v) is 3.01. The van der Waals surface area contributed by atoms with Gasteiger partial charge in [-0.25, -0.2) is 0 Å². The molecule has 22 heavy (non-hydrogen) atoms. The summed E-state index contributed by atoms with van der Waals surface area (Å²) in [6.07, 6.45) is -1.50. The molecule has 2 aliphatic rings. The normalized spacial score (nSPS) is 23.5. The third kappa shape index (κ3) is 3.01. The summed E-state index contributed by atoms with van der Waals surface area (Å²) >= 11 is 0. The third-order valence-corrected chi connectivity index (χ3v) is 4.34. The van der Waals surface area contributed by atoms with Crippen LogP contribution in [0.3, 0.4) is 0 Å². The summed E-state index contributed by atoms with van der Waals surface area (Å²) in [5, 5.41) is 20.3. The van der Waals surface area contributed by atoms with E-state index in [4.69, 9.17) is 9.47 Å². The van der Waals surface area contributed by atoms with Crippen molar-refractivity contribution in [1.29, 1.82) is 0 Å². The number of aliphatic hydroxyl groups excluding tert-OH is 2. The highest BCUT2D eigenvalue weighted by Crippen LogP contribution is 2.32. The minimum absolute atomic E-state index is 0.454. The Morgan fingerprint density at radius 2 is 1.68 bits per heavy atom. The van der Waals surface area contributed by atoms with Gasteiger partial charge in [-0.3, -0.25) is 4.79 Å². The number of hydrogen-bond acceptors (Lipinski definition) is 5. The van der Waals surface area contributed by atoms with Gasteiger partial charge in [-0.05, 0) is 5.56 Å². The van der Waals surface area contributed by atoms with Crippen LogP contribution in [0.4, 0.5) is 0 Å². The molecule has 0 radical (unpaired) electrons. The van der Waals surface area contributed by atoms with Crippen LogP contribution in [0.2, 0.25) is 0 Å². The van der Waals surface area contributed by atoms with Gasteiger partial charge < -0.3 is 24.6 Å². The predicted molar refractivity (Wildman–Crippen MR) is 77.9 cm³/mol. The van der Waals surface area contributed by atoms with Gasteiger partial charge in [0.2, 0.25) is 0 Å². The molecule has 2 N–H and O–H groups in total. The molecule has 1 aromatic carbocycles. The zero-order valence-electron chi connectivity index (χ0n) is 12.4. The molecule has 6 heteroatoms. The van der Waals surface area contributed by atoms with Crippen molar-refractivity contribution in [3.05, 3.63) is 35.9 Å². The van der Waals surface area contributed by atoms with E-state index >= 15 is 0 Å². The number of hydrogen-bond donors (Lipinski definition) is 2. The molecule has 1 amide bonds. The Labute approximate surface area is 129 Å². The molecule has 0 aliphatic carbocycles. The van der Waals surface area contributed by atoms with E-state index in [-0.39, 0.29) is 0 Å². The molecule has 0 saturated carbocycles. The third-order valence-electron chi connectivity index (χ3n) is 4.34. The second kappa shape index (κ2) is 6.34. The second-order valence-corrected chi connectivity index (χ2v) is 5.73. The number of amides is 1. The first-order valence-electron chi connectivity index (χ1n) is 7.59. The highest BCUT2D eigenvalue weighted by Gasteiger charge is 2.42. The number of carbonyl (C=O) groups excluding carboxylic acids is 1. The number of nitrogens with zero attached hydrogens (tertiary/aromatic N) is 1. The van der Waals surface area contributed by atoms with E-state index in [1.54, 1.807) is 29.2 Å². The molecule has 6 nitrogen and oxygen atoms in total. The van der Waals surface area contributed by atoms with Crippen molar-refractivity contribution in [2.45, 2.75) is 30.8 Å². The fourth-order valence-electron chi connectivity index (χ4n) is 3.01. The molecule has 0 aromatic heterocycles. The molecule has 2 aliphatic heterocycles. The predicted octanol–water partition coefficient (Wildman–Crippen LogP) is 0.446. The second-order valence-electron chi connectivity index (χ2n) is 5.73. The molecular formula is C16H21NO5. The maximum absolute atomic E-state index is 12.4. The Morgan fingerprint density at radius 1 is 1.09 bits per heavy atom. The average Bonchev–Trinajstić information content (AvgIpc) is 3.02. The van der Waals surface area contributed by atoms with Crippen LogP contribution >= 0.6 is 0 Å². The van der Waals surface area contributed by atoms with E-state index < -0.39 is 23.9 Å². The monoisotopic (exact) mass is 307 g/mol. The van der Waals surface area contributed by atoms with Gasteiger partial charge in [0.25, 0.3) is 5.91 Å². The topological polar surface area (TPSA) is 79.2 Å². The van der Waals surface area contributed by atoms with Gasteiger partial charge in [0.1, 0.15) is 6.10 Å². The van der Waals surface area contributed by atoms with Gasteiger partial charge in [-0.1, -0.05) is 30.3 Å². The zero-order chi connectivity index (χ0) is 15.6. The number of aliphatic hydroxyl groups is 2. The van der Waals surface area contributed by atoms with Crippen molar-refractivity contribution < 1.29 is 24.5 Å². The number of benzene rings is 1. The van der Waals surface area contributed by atoms with Crippen molar-refractivity contribution >= 4 is 5.91 Å². The van der Waals surface area contributed by atoms with Crippen LogP contribution in [-0.2, 0) is 14.3 Å². The van der Waals surface area contributed by atoms with Crippen LogP contribution in [0.25, 0.3) is 0 Å². The SMILES string of the molecule is O=C([C@@H](O)[C@H](O)c1ccccc1)N1CCC2(CC1)OCCO2. The van der Waals surface area contributed by atoms with E-state index in [9.17, 15) is 15.0 Å². The van der Waals surface area contributed by atoms with Gasteiger partial charge in [0.15, 0.2) is 11.9 Å². The first kappa shape index (κ1) is 15.4. The van der Waals surface area contributed by atoms with Crippen molar-refractivity contribution in [2.24, 2.45) is 0 Å². The Morgan fingerprint density at radius 3 is 2.27 bits per heavy atom. The molecule has 1 spiro atoms. The van der Waals surface area contributed by atoms with Crippen molar-refractivity contribution in [1.82, 2.24) is 4.90 Å². The maximum Gasteiger partial charge on any atom is 0.254 e. The van der Waals surface area contributed by atoms with E-state index in [2.05, 4.69) is 0 Å². The van der Waals surface area contributed by atoms with Crippen LogP contribution in [-0.4, -0.2) is 59.2 Å². The van der Waals surface area contributed by atoms with Gasteiger partial charge in [0.05, 0.1) is 13.2 Å². The van der Waals surface area contributed by atoms with E-state index in [1.165, 1.54) is 0 Å². The Bertz CT molecular complexity index is 505. The van der Waals surface area contributed by atoms with E-state index in [0.717, 1.165) is 0 Å². The number of carbonyl (C=O) groups is 1. The minimum Gasteiger partial charge on any atom is -0.385 e. The Hall–Kier alpha value is -1.47. The van der Waals surface area contributed by atoms with Crippen molar-refractivity contribution in [3.8, 4) is 0 Å². The summed E-state index contributed by atoms with van der Waals surface area (Å²) in [6, 6.07) is 8.71. The Balaban J connectivity index is 1.59. The lowest BCUT2D eigenvalue weighted by Gasteiger charge is -2.38. The molecule has 2 heterocycles. The number of piperidine rings is 1. The summed E-state index contributed by atoms with van der Waals surface area (Å²) in [5.41, 5.74) is 0.527. The number of ether oxygens (including phenoxy) is 2. The van der Waals surface area contributed by atoms with Crippen LogP contribution in [0.1, 0.15) is 24.5 Å². The lowest BCUT2D eigenvalue weighted by atomic mass is 10.00. The van der Waals surface area contributed by atoms with E-state index in [0.29, 0.717) is 44.7 Å². The first-order valence-corrected chi connectivity index (χ1v) is 7.59. The lowest BCUT2D eigenvalue weighted by molar-refractivity contribution is -0.190. The van der Waals surface area contributed by atoms with Gasteiger partial charge in [-0.2, -0.15) is 0 Å². The summed E-state index contributed by atoms with van der Waals surface area (Å²) in [5.74, 6) is -1.01. The highest BCUT2D eigenvalue weighted by atomic mass is 16.7. The lowest BCUT2D eigenvalue weighted by Crippen LogP contribution is -2.51. The molecule has 120 valence electrons. The highest BCUT2D eigenvalue weighted by molar-refractivity contribution is 5.81. The van der Waals surface area contributed by atoms with E-state index in [1.807, 2.05) is 6.07 Å². The first-order chi connectivity index (χ1) is 10.6. The molecule has 0 bridgehead atoms. The molecular weight excluding hydrogens is 286 g/mol. The molecule has 1 aromatic rings. The number of rotatable bonds is 3. The molecule has 3 rings (SSSR count). The van der Waals surface area contributed by atoms with Crippen LogP contribution in [0, 0.1) is 0 Å². The largest absolute Gasteiger partial charge is 0.385 e. The molecule has 2 fully saturated rings. The number of likely N-dealkylation sites (tertiary alicyclic amines) is 1. The summed E-state index contributed by atoms with van der Waals surface area (Å²) in [6.45, 7) is 2.08. The quantitative estimate of drug-likeness (QED) is 0.847. The summed E-state index contributed by atoms with van der Waals surface area (Å²) in [4.78, 5) is 13.9. The molecule has 2 saturated heterocycles. The summed E-state index contributed by atoms with van der Waals surface area (Å²) < 4.78 is 11.2. The van der Waals surface area contributed by atoms with Crippen LogP contribution in [0.15, 0.2) is 30.3 Å². The smallest absolute Gasteiger partial charge is 0.254 e. The van der Waals surface area contributed by atoms with Crippen LogP contribution < -0.4 is 0 Å². The van der Waals surface area contributed by atoms with Crippen LogP contribution in [0.5, 0.6) is 0 Å². The van der Waals surface area contributed by atoms with Gasteiger partial charge in [-0.15, -0.1) is 0 Å². The average molecular weight is 307 g/mol. The van der Waals surface area contributed by atoms with Gasteiger partial charge >= 0.3 is 0 Å². The summed E-state index contributed by atoms with van der Waals surface area (Å²) in [7, 11) is 0. The Kier molecular flexibility index (Phi) is 4.44. The van der Waals surface area contributed by atoms with Gasteiger partial charge in [0, 0.05) is 25.9 Å². The van der Waals surface area contributed by atoms with Crippen molar-refractivity contribution in [2.75, 3.05) is 26.3 Å². The maximum atomic E-state index is 12.4. The minimum atomic E-state index is -1.46. The zero-order valence-corrected chi connectivity index (χ0v) is 12.4. The fraction of sp³-hybridized carbons (Fsp3) is 0.562. The standard InChI is InChI=1S/C16H21NO5/c18-13(12-4-2-1-3-5-12)14(19)15(20)17-8-6-16(7-9-17)21-10-11-22-16/h1-5,13-14,18-19H,6-11H2/t13-,14+/m1/s1.